The van der Waals surface area contributed by atoms with Crippen molar-refractivity contribution in [1.29, 1.82) is 0 Å². The fourth-order valence-electron chi connectivity index (χ4n) is 6.20. The number of furan rings is 1. The standard InChI is InChI=1S/C41H34N2O/c1-6-16-32(17-7-1)26-27-38-39-37(41(44-38)36-24-14-5-15-25-36)30-42(28-33-18-8-2-9-19-33)31-43(29-34-20-10-3-11-21-34)40(39)35-22-12-4-13-23-35/h1-25,40H,28-31H2. The molecule has 6 aromatic rings. The van der Waals surface area contributed by atoms with E-state index in [1.54, 1.807) is 0 Å². The Kier molecular flexibility index (Phi) is 8.19. The van der Waals surface area contributed by atoms with Crippen LogP contribution in [0.2, 0.25) is 0 Å². The van der Waals surface area contributed by atoms with Crippen molar-refractivity contribution in [3.8, 4) is 23.2 Å². The van der Waals surface area contributed by atoms with E-state index in [2.05, 4.69) is 143 Å². The summed E-state index contributed by atoms with van der Waals surface area (Å²) in [6.45, 7) is 3.16. The van der Waals surface area contributed by atoms with Crippen LogP contribution in [0.15, 0.2) is 156 Å². The van der Waals surface area contributed by atoms with Crippen molar-refractivity contribution in [2.45, 2.75) is 25.7 Å². The smallest absolute Gasteiger partial charge is 0.183 e. The van der Waals surface area contributed by atoms with Gasteiger partial charge in [-0.25, -0.2) is 0 Å². The van der Waals surface area contributed by atoms with Gasteiger partial charge in [-0.05, 0) is 34.7 Å². The van der Waals surface area contributed by atoms with E-state index in [9.17, 15) is 0 Å². The van der Waals surface area contributed by atoms with E-state index in [0.717, 1.165) is 54.5 Å². The first kappa shape index (κ1) is 27.7. The van der Waals surface area contributed by atoms with Crippen LogP contribution in [-0.2, 0) is 19.6 Å². The third-order valence-corrected chi connectivity index (χ3v) is 8.17. The minimum atomic E-state index is -0.0477. The van der Waals surface area contributed by atoms with Crippen molar-refractivity contribution in [3.05, 3.63) is 191 Å². The topological polar surface area (TPSA) is 19.6 Å². The third-order valence-electron chi connectivity index (χ3n) is 8.17. The van der Waals surface area contributed by atoms with Gasteiger partial charge in [0, 0.05) is 41.9 Å². The van der Waals surface area contributed by atoms with E-state index in [1.807, 2.05) is 30.3 Å². The predicted octanol–water partition coefficient (Wildman–Crippen LogP) is 8.91. The molecule has 0 radical (unpaired) electrons. The number of fused-ring (bicyclic) bond motifs is 1. The Labute approximate surface area is 260 Å². The van der Waals surface area contributed by atoms with Crippen molar-refractivity contribution < 1.29 is 4.42 Å². The molecule has 44 heavy (non-hydrogen) atoms. The molecule has 1 unspecified atom stereocenters. The molecule has 5 aromatic carbocycles. The predicted molar refractivity (Wildman–Crippen MR) is 177 cm³/mol. The molecule has 1 atom stereocenters. The van der Waals surface area contributed by atoms with Gasteiger partial charge in [0.15, 0.2) is 5.76 Å². The average molecular weight is 571 g/mol. The van der Waals surface area contributed by atoms with Gasteiger partial charge in [0.1, 0.15) is 5.76 Å². The summed E-state index contributed by atoms with van der Waals surface area (Å²) in [4.78, 5) is 5.12. The van der Waals surface area contributed by atoms with Gasteiger partial charge in [-0.3, -0.25) is 9.80 Å². The van der Waals surface area contributed by atoms with Gasteiger partial charge < -0.3 is 4.42 Å². The maximum atomic E-state index is 6.85. The van der Waals surface area contributed by atoms with Crippen molar-refractivity contribution in [2.24, 2.45) is 0 Å². The second-order valence-corrected chi connectivity index (χ2v) is 11.3. The zero-order valence-corrected chi connectivity index (χ0v) is 24.6. The Bertz CT molecular complexity index is 1850. The van der Waals surface area contributed by atoms with Gasteiger partial charge in [-0.2, -0.15) is 0 Å². The summed E-state index contributed by atoms with van der Waals surface area (Å²) in [6.07, 6.45) is 0. The minimum Gasteiger partial charge on any atom is -0.447 e. The zero-order chi connectivity index (χ0) is 29.6. The lowest BCUT2D eigenvalue weighted by Gasteiger charge is -2.33. The molecule has 3 nitrogen and oxygen atoms in total. The lowest BCUT2D eigenvalue weighted by atomic mass is 9.92. The summed E-state index contributed by atoms with van der Waals surface area (Å²) in [6, 6.07) is 53.0. The van der Waals surface area contributed by atoms with Crippen LogP contribution in [0.25, 0.3) is 11.3 Å². The fraction of sp³-hybridized carbons (Fsp3) is 0.122. The highest BCUT2D eigenvalue weighted by molar-refractivity contribution is 5.67. The monoisotopic (exact) mass is 570 g/mol. The average Bonchev–Trinajstić information content (AvgIpc) is 3.35. The first-order valence-electron chi connectivity index (χ1n) is 15.2. The van der Waals surface area contributed by atoms with Crippen LogP contribution >= 0.6 is 0 Å². The van der Waals surface area contributed by atoms with Crippen LogP contribution in [0.5, 0.6) is 0 Å². The Hall–Kier alpha value is -5.14. The highest BCUT2D eigenvalue weighted by Crippen LogP contribution is 2.43. The molecule has 2 heterocycles. The number of benzene rings is 5. The molecule has 0 N–H and O–H groups in total. The van der Waals surface area contributed by atoms with Crippen molar-refractivity contribution in [1.82, 2.24) is 9.80 Å². The summed E-state index contributed by atoms with van der Waals surface area (Å²) in [5.74, 6) is 8.54. The van der Waals surface area contributed by atoms with Gasteiger partial charge in [0.2, 0.25) is 0 Å². The fourth-order valence-corrected chi connectivity index (χ4v) is 6.20. The third kappa shape index (κ3) is 6.14. The molecule has 0 aliphatic carbocycles. The lowest BCUT2D eigenvalue weighted by Crippen LogP contribution is -2.37. The highest BCUT2D eigenvalue weighted by atomic mass is 16.3. The summed E-state index contributed by atoms with van der Waals surface area (Å²) in [5, 5.41) is 0. The van der Waals surface area contributed by atoms with E-state index in [4.69, 9.17) is 4.42 Å². The van der Waals surface area contributed by atoms with E-state index >= 15 is 0 Å². The highest BCUT2D eigenvalue weighted by Gasteiger charge is 2.36. The number of hydrogen-bond donors (Lipinski definition) is 0. The van der Waals surface area contributed by atoms with E-state index in [0.29, 0.717) is 0 Å². The van der Waals surface area contributed by atoms with Crippen LogP contribution in [0.1, 0.15) is 45.2 Å². The Morgan fingerprint density at radius 1 is 0.591 bits per heavy atom. The molecule has 0 bridgehead atoms. The quantitative estimate of drug-likeness (QED) is 0.186. The van der Waals surface area contributed by atoms with Gasteiger partial charge >= 0.3 is 0 Å². The summed E-state index contributed by atoms with van der Waals surface area (Å²) in [5.41, 5.74) is 8.20. The number of rotatable bonds is 6. The second-order valence-electron chi connectivity index (χ2n) is 11.3. The van der Waals surface area contributed by atoms with Crippen LogP contribution < -0.4 is 0 Å². The molecule has 0 amide bonds. The summed E-state index contributed by atoms with van der Waals surface area (Å²) in [7, 11) is 0. The molecule has 0 saturated heterocycles. The van der Waals surface area contributed by atoms with Crippen LogP contribution in [-0.4, -0.2) is 16.5 Å². The molecule has 3 heteroatoms. The number of hydrogen-bond acceptors (Lipinski definition) is 3. The van der Waals surface area contributed by atoms with Gasteiger partial charge in [0.05, 0.1) is 12.7 Å². The van der Waals surface area contributed by atoms with E-state index < -0.39 is 0 Å². The zero-order valence-electron chi connectivity index (χ0n) is 24.6. The SMILES string of the molecule is C(#Cc1oc(-c2ccccc2)c2c1C(c1ccccc1)N(Cc1ccccc1)CN(Cc1ccccc1)C2)c1ccccc1. The van der Waals surface area contributed by atoms with Gasteiger partial charge in [-0.1, -0.05) is 145 Å². The second kappa shape index (κ2) is 13.0. The minimum absolute atomic E-state index is 0.0477. The van der Waals surface area contributed by atoms with Crippen LogP contribution in [0.3, 0.4) is 0 Å². The lowest BCUT2D eigenvalue weighted by molar-refractivity contribution is 0.0991. The largest absolute Gasteiger partial charge is 0.447 e. The first-order valence-corrected chi connectivity index (χ1v) is 15.2. The molecule has 1 aromatic heterocycles. The van der Waals surface area contributed by atoms with E-state index in [-0.39, 0.29) is 6.04 Å². The number of nitrogens with zero attached hydrogens (tertiary/aromatic N) is 2. The van der Waals surface area contributed by atoms with Crippen molar-refractivity contribution in [2.75, 3.05) is 6.67 Å². The van der Waals surface area contributed by atoms with Gasteiger partial charge in [-0.15, -0.1) is 0 Å². The first-order chi connectivity index (χ1) is 21.8. The summed E-state index contributed by atoms with van der Waals surface area (Å²) < 4.78 is 6.85. The molecule has 0 fully saturated rings. The van der Waals surface area contributed by atoms with E-state index in [1.165, 1.54) is 22.3 Å². The normalized spacial score (nSPS) is 15.1. The Morgan fingerprint density at radius 3 is 1.77 bits per heavy atom. The molecule has 1 aliphatic rings. The van der Waals surface area contributed by atoms with Crippen molar-refractivity contribution >= 4 is 0 Å². The maximum absolute atomic E-state index is 6.85. The molecule has 214 valence electrons. The summed E-state index contributed by atoms with van der Waals surface area (Å²) >= 11 is 0. The molecule has 1 aliphatic heterocycles. The molecule has 7 rings (SSSR count). The Morgan fingerprint density at radius 2 is 1.14 bits per heavy atom. The van der Waals surface area contributed by atoms with Crippen molar-refractivity contribution in [3.63, 3.8) is 0 Å². The van der Waals surface area contributed by atoms with Crippen LogP contribution in [0.4, 0.5) is 0 Å². The molecular formula is C41H34N2O. The maximum Gasteiger partial charge on any atom is 0.183 e. The molecule has 0 spiro atoms. The molecule has 0 saturated carbocycles. The Balaban J connectivity index is 1.45. The van der Waals surface area contributed by atoms with Gasteiger partial charge in [0.25, 0.3) is 0 Å². The van der Waals surface area contributed by atoms with Crippen LogP contribution in [0, 0.1) is 11.8 Å². The molecular weight excluding hydrogens is 536 g/mol.